The van der Waals surface area contributed by atoms with Crippen molar-refractivity contribution in [3.8, 4) is 0 Å². The Labute approximate surface area is 188 Å². The van der Waals surface area contributed by atoms with Gasteiger partial charge in [-0.1, -0.05) is 37.3 Å². The van der Waals surface area contributed by atoms with E-state index < -0.39 is 10.0 Å². The number of piperidine rings is 1. The molecule has 1 saturated heterocycles. The summed E-state index contributed by atoms with van der Waals surface area (Å²) in [5.74, 6) is 1.37. The lowest BCUT2D eigenvalue weighted by Crippen LogP contribution is -2.38. The molecule has 8 heteroatoms. The molecule has 2 aliphatic heterocycles. The van der Waals surface area contributed by atoms with Crippen LogP contribution in [0.1, 0.15) is 25.3 Å². The van der Waals surface area contributed by atoms with Crippen LogP contribution in [-0.2, 0) is 21.4 Å². The van der Waals surface area contributed by atoms with Crippen LogP contribution in [-0.4, -0.2) is 38.9 Å². The van der Waals surface area contributed by atoms with E-state index >= 15 is 0 Å². The van der Waals surface area contributed by atoms with Gasteiger partial charge in [0.1, 0.15) is 12.4 Å². The van der Waals surface area contributed by atoms with Crippen molar-refractivity contribution in [2.45, 2.75) is 31.2 Å². The molecular formula is C24H26N4O3S. The number of nitrogens with one attached hydrogen (secondary N) is 1. The third-order valence-corrected chi connectivity index (χ3v) is 8.18. The Kier molecular flexibility index (Phi) is 5.25. The Morgan fingerprint density at radius 1 is 1.09 bits per heavy atom. The second-order valence-corrected chi connectivity index (χ2v) is 10.4. The Morgan fingerprint density at radius 3 is 2.56 bits per heavy atom. The number of anilines is 2. The number of amides is 1. The first-order valence-corrected chi connectivity index (χ1v) is 12.4. The highest BCUT2D eigenvalue weighted by molar-refractivity contribution is 7.93. The highest BCUT2D eigenvalue weighted by atomic mass is 32.2. The number of carbonyl (C=O) groups excluding carboxylic acids is 1. The molecule has 166 valence electrons. The van der Waals surface area contributed by atoms with Gasteiger partial charge >= 0.3 is 0 Å². The summed E-state index contributed by atoms with van der Waals surface area (Å²) in [4.78, 5) is 19.7. The predicted molar refractivity (Wildman–Crippen MR) is 125 cm³/mol. The normalized spacial score (nSPS) is 17.7. The van der Waals surface area contributed by atoms with Gasteiger partial charge in [0.15, 0.2) is 0 Å². The Balaban J connectivity index is 1.24. The van der Waals surface area contributed by atoms with E-state index in [2.05, 4.69) is 22.1 Å². The van der Waals surface area contributed by atoms with Gasteiger partial charge in [0.2, 0.25) is 5.91 Å². The summed E-state index contributed by atoms with van der Waals surface area (Å²) in [7, 11) is -3.74. The van der Waals surface area contributed by atoms with Crippen molar-refractivity contribution in [3.63, 3.8) is 0 Å². The van der Waals surface area contributed by atoms with Crippen LogP contribution in [0.25, 0.3) is 10.8 Å². The van der Waals surface area contributed by atoms with Gasteiger partial charge in [-0.2, -0.15) is 0 Å². The number of aromatic nitrogens is 1. The molecular weight excluding hydrogens is 424 g/mol. The molecule has 0 unspecified atom stereocenters. The summed E-state index contributed by atoms with van der Waals surface area (Å²) in [6, 6.07) is 14.6. The summed E-state index contributed by atoms with van der Waals surface area (Å²) >= 11 is 0. The number of nitrogens with zero attached hydrogens (tertiary/aromatic N) is 3. The largest absolute Gasteiger partial charge is 0.357 e. The average molecular weight is 451 g/mol. The third-order valence-electron chi connectivity index (χ3n) is 6.37. The van der Waals surface area contributed by atoms with Crippen LogP contribution in [0.4, 0.5) is 11.5 Å². The Morgan fingerprint density at radius 2 is 1.84 bits per heavy atom. The summed E-state index contributed by atoms with van der Waals surface area (Å²) in [6.07, 6.45) is 4.13. The summed E-state index contributed by atoms with van der Waals surface area (Å²) < 4.78 is 27.2. The van der Waals surface area contributed by atoms with Gasteiger partial charge in [0.25, 0.3) is 10.0 Å². The van der Waals surface area contributed by atoms with Crippen LogP contribution in [0.5, 0.6) is 0 Å². The average Bonchev–Trinajstić information content (AvgIpc) is 3.02. The van der Waals surface area contributed by atoms with Crippen molar-refractivity contribution in [3.05, 3.63) is 60.3 Å². The van der Waals surface area contributed by atoms with Gasteiger partial charge in [-0.25, -0.2) is 13.4 Å². The standard InChI is InChI=1S/C24H26N4O3S/c1-17-10-12-27(13-11-17)22-9-8-18(14-25-22)15-26-23(29)16-28-20-6-2-4-19-5-3-7-21(24(19)20)32(28,30)31/h2-9,14,17H,10-13,15-16H2,1H3,(H,26,29). The van der Waals surface area contributed by atoms with E-state index in [1.165, 1.54) is 17.1 Å². The zero-order valence-corrected chi connectivity index (χ0v) is 18.8. The van der Waals surface area contributed by atoms with E-state index in [1.54, 1.807) is 24.4 Å². The molecule has 0 atom stereocenters. The van der Waals surface area contributed by atoms with E-state index in [1.807, 2.05) is 30.3 Å². The SMILES string of the molecule is CC1CCN(c2ccc(CNC(=O)CN3c4cccc5cccc(c45)S3(=O)=O)cn2)CC1. The van der Waals surface area contributed by atoms with Crippen LogP contribution in [0.3, 0.4) is 0 Å². The molecule has 0 spiro atoms. The lowest BCUT2D eigenvalue weighted by molar-refractivity contribution is -0.119. The first kappa shape index (κ1) is 20.8. The highest BCUT2D eigenvalue weighted by Gasteiger charge is 2.36. The number of sulfonamides is 1. The molecule has 2 aliphatic rings. The number of hydrogen-bond donors (Lipinski definition) is 1. The highest BCUT2D eigenvalue weighted by Crippen LogP contribution is 2.41. The number of rotatable bonds is 5. The maximum absolute atomic E-state index is 13.0. The zero-order chi connectivity index (χ0) is 22.3. The van der Waals surface area contributed by atoms with Gasteiger partial charge in [-0.05, 0) is 47.9 Å². The molecule has 0 bridgehead atoms. The van der Waals surface area contributed by atoms with Gasteiger partial charge in [-0.3, -0.25) is 9.10 Å². The Bertz CT molecular complexity index is 1260. The number of pyridine rings is 1. The lowest BCUT2D eigenvalue weighted by atomic mass is 9.99. The Hall–Kier alpha value is -3.13. The second kappa shape index (κ2) is 8.09. The maximum atomic E-state index is 13.0. The fourth-order valence-corrected chi connectivity index (χ4v) is 6.13. The quantitative estimate of drug-likeness (QED) is 0.645. The van der Waals surface area contributed by atoms with Crippen molar-refractivity contribution in [1.82, 2.24) is 10.3 Å². The molecule has 32 heavy (non-hydrogen) atoms. The lowest BCUT2D eigenvalue weighted by Gasteiger charge is -2.31. The molecule has 0 saturated carbocycles. The number of carbonyl (C=O) groups is 1. The van der Waals surface area contributed by atoms with E-state index in [-0.39, 0.29) is 17.3 Å². The summed E-state index contributed by atoms with van der Waals surface area (Å²) in [5, 5.41) is 4.35. The van der Waals surface area contributed by atoms with Crippen LogP contribution < -0.4 is 14.5 Å². The van der Waals surface area contributed by atoms with E-state index in [0.717, 1.165) is 35.8 Å². The maximum Gasteiger partial charge on any atom is 0.265 e. The molecule has 7 nitrogen and oxygen atoms in total. The first-order chi connectivity index (χ1) is 15.4. The minimum Gasteiger partial charge on any atom is -0.357 e. The second-order valence-electron chi connectivity index (χ2n) is 8.61. The van der Waals surface area contributed by atoms with Gasteiger partial charge in [0, 0.05) is 31.2 Å². The number of benzene rings is 2. The van der Waals surface area contributed by atoms with E-state index in [4.69, 9.17) is 0 Å². The van der Waals surface area contributed by atoms with Crippen LogP contribution in [0, 0.1) is 5.92 Å². The third kappa shape index (κ3) is 3.68. The molecule has 1 amide bonds. The molecule has 2 aromatic carbocycles. The molecule has 1 aromatic heterocycles. The van der Waals surface area contributed by atoms with Crippen molar-refractivity contribution in [2.24, 2.45) is 5.92 Å². The minimum atomic E-state index is -3.74. The van der Waals surface area contributed by atoms with Gasteiger partial charge < -0.3 is 10.2 Å². The molecule has 5 rings (SSSR count). The molecule has 0 radical (unpaired) electrons. The van der Waals surface area contributed by atoms with Gasteiger partial charge in [-0.15, -0.1) is 0 Å². The smallest absolute Gasteiger partial charge is 0.265 e. The minimum absolute atomic E-state index is 0.255. The molecule has 1 N–H and O–H groups in total. The first-order valence-electron chi connectivity index (χ1n) is 10.9. The summed E-state index contributed by atoms with van der Waals surface area (Å²) in [6.45, 7) is 4.36. The van der Waals surface area contributed by atoms with Crippen molar-refractivity contribution in [2.75, 3.05) is 28.8 Å². The van der Waals surface area contributed by atoms with Crippen LogP contribution in [0.2, 0.25) is 0 Å². The van der Waals surface area contributed by atoms with Crippen molar-refractivity contribution >= 4 is 38.2 Å². The predicted octanol–water partition coefficient (Wildman–Crippen LogP) is 3.30. The van der Waals surface area contributed by atoms with Crippen molar-refractivity contribution < 1.29 is 13.2 Å². The van der Waals surface area contributed by atoms with Gasteiger partial charge in [0.05, 0.1) is 10.6 Å². The topological polar surface area (TPSA) is 82.6 Å². The fourth-order valence-electron chi connectivity index (χ4n) is 4.46. The van der Waals surface area contributed by atoms with E-state index in [9.17, 15) is 13.2 Å². The van der Waals surface area contributed by atoms with Crippen LogP contribution >= 0.6 is 0 Å². The number of hydrogen-bond acceptors (Lipinski definition) is 5. The summed E-state index contributed by atoms with van der Waals surface area (Å²) in [5.41, 5.74) is 1.43. The molecule has 0 aliphatic carbocycles. The fraction of sp³-hybridized carbons (Fsp3) is 0.333. The van der Waals surface area contributed by atoms with E-state index in [0.29, 0.717) is 17.6 Å². The van der Waals surface area contributed by atoms with Crippen LogP contribution in [0.15, 0.2) is 59.6 Å². The monoisotopic (exact) mass is 450 g/mol. The van der Waals surface area contributed by atoms with Crippen molar-refractivity contribution in [1.29, 1.82) is 0 Å². The molecule has 3 aromatic rings. The zero-order valence-electron chi connectivity index (χ0n) is 18.0. The molecule has 1 fully saturated rings. The molecule has 3 heterocycles.